The Morgan fingerprint density at radius 3 is 3.33 bits per heavy atom. The zero-order chi connectivity index (χ0) is 8.39. The van der Waals surface area contributed by atoms with Crippen molar-refractivity contribution in [1.82, 2.24) is 4.98 Å². The third kappa shape index (κ3) is 1.16. The SMILES string of the molecule is NN=Nc1nc2c(s1)NCC=C2. The second-order valence-corrected chi connectivity index (χ2v) is 3.19. The summed E-state index contributed by atoms with van der Waals surface area (Å²) in [6, 6.07) is 0. The maximum Gasteiger partial charge on any atom is 0.234 e. The lowest BCUT2D eigenvalue weighted by molar-refractivity contribution is 1.05. The number of nitrogens with one attached hydrogen (secondary N) is 1. The van der Waals surface area contributed by atoms with Crippen molar-refractivity contribution in [3.63, 3.8) is 0 Å². The summed E-state index contributed by atoms with van der Waals surface area (Å²) in [6.07, 6.45) is 3.96. The summed E-state index contributed by atoms with van der Waals surface area (Å²) in [7, 11) is 0. The molecule has 0 saturated carbocycles. The van der Waals surface area contributed by atoms with Crippen molar-refractivity contribution in [2.45, 2.75) is 0 Å². The van der Waals surface area contributed by atoms with E-state index in [1.165, 1.54) is 11.3 Å². The van der Waals surface area contributed by atoms with Gasteiger partial charge in [-0.15, -0.1) is 5.11 Å². The van der Waals surface area contributed by atoms with Gasteiger partial charge in [-0.25, -0.2) is 4.98 Å². The standard InChI is InChI=1S/C6H7N5S/c7-11-10-6-9-4-2-1-3-8-5(4)12-6/h1-2,8H,3H2,(H2,7,9,10). The Balaban J connectivity index is 2.39. The summed E-state index contributed by atoms with van der Waals surface area (Å²) in [5, 5.41) is 11.6. The van der Waals surface area contributed by atoms with Crippen LogP contribution in [0.25, 0.3) is 6.08 Å². The first-order chi connectivity index (χ1) is 5.90. The van der Waals surface area contributed by atoms with Crippen molar-refractivity contribution in [1.29, 1.82) is 0 Å². The van der Waals surface area contributed by atoms with E-state index in [0.29, 0.717) is 5.13 Å². The van der Waals surface area contributed by atoms with Gasteiger partial charge >= 0.3 is 0 Å². The topological polar surface area (TPSA) is 75.7 Å². The lowest BCUT2D eigenvalue weighted by Gasteiger charge is -2.03. The minimum Gasteiger partial charge on any atom is -0.372 e. The van der Waals surface area contributed by atoms with Crippen LogP contribution in [0.15, 0.2) is 16.4 Å². The summed E-state index contributed by atoms with van der Waals surface area (Å²) in [5.74, 6) is 4.90. The summed E-state index contributed by atoms with van der Waals surface area (Å²) in [5.41, 5.74) is 0.911. The van der Waals surface area contributed by atoms with Gasteiger partial charge in [-0.05, 0) is 6.08 Å². The number of fused-ring (bicyclic) bond motifs is 1. The zero-order valence-electron chi connectivity index (χ0n) is 6.19. The fraction of sp³-hybridized carbons (Fsp3) is 0.167. The van der Waals surface area contributed by atoms with E-state index in [1.54, 1.807) is 0 Å². The third-order valence-corrected chi connectivity index (χ3v) is 2.35. The molecule has 0 bridgehead atoms. The highest BCUT2D eigenvalue weighted by Gasteiger charge is 2.09. The summed E-state index contributed by atoms with van der Waals surface area (Å²) in [6.45, 7) is 0.842. The number of anilines is 1. The van der Waals surface area contributed by atoms with Crippen LogP contribution in [0.5, 0.6) is 0 Å². The highest BCUT2D eigenvalue weighted by Crippen LogP contribution is 2.32. The molecule has 1 aromatic rings. The first kappa shape index (κ1) is 7.23. The van der Waals surface area contributed by atoms with Crippen LogP contribution in [-0.2, 0) is 0 Å². The minimum atomic E-state index is 0.585. The second-order valence-electron chi connectivity index (χ2n) is 2.21. The fourth-order valence-corrected chi connectivity index (χ4v) is 1.76. The van der Waals surface area contributed by atoms with Gasteiger partial charge in [-0.3, -0.25) is 0 Å². The molecule has 0 atom stereocenters. The molecule has 0 unspecified atom stereocenters. The fourth-order valence-electron chi connectivity index (χ4n) is 0.974. The largest absolute Gasteiger partial charge is 0.372 e. The van der Waals surface area contributed by atoms with Gasteiger partial charge in [0.15, 0.2) is 0 Å². The highest BCUT2D eigenvalue weighted by molar-refractivity contribution is 7.19. The van der Waals surface area contributed by atoms with Gasteiger partial charge < -0.3 is 11.2 Å². The lowest BCUT2D eigenvalue weighted by atomic mass is 10.3. The second kappa shape index (κ2) is 2.90. The van der Waals surface area contributed by atoms with E-state index in [-0.39, 0.29) is 0 Å². The summed E-state index contributed by atoms with van der Waals surface area (Å²) >= 11 is 1.45. The maximum atomic E-state index is 4.90. The molecule has 1 aromatic heterocycles. The quantitative estimate of drug-likeness (QED) is 0.392. The number of nitrogens with zero attached hydrogens (tertiary/aromatic N) is 3. The van der Waals surface area contributed by atoms with Gasteiger partial charge in [-0.1, -0.05) is 22.6 Å². The molecule has 0 aromatic carbocycles. The number of hydrogen-bond donors (Lipinski definition) is 2. The Hall–Kier alpha value is -1.43. The molecule has 5 nitrogen and oxygen atoms in total. The van der Waals surface area contributed by atoms with Crippen LogP contribution in [0.1, 0.15) is 5.69 Å². The van der Waals surface area contributed by atoms with Crippen LogP contribution in [0.2, 0.25) is 0 Å². The molecule has 0 aliphatic carbocycles. The highest BCUT2D eigenvalue weighted by atomic mass is 32.1. The van der Waals surface area contributed by atoms with E-state index in [4.69, 9.17) is 5.84 Å². The van der Waals surface area contributed by atoms with E-state index in [0.717, 1.165) is 17.2 Å². The first-order valence-electron chi connectivity index (χ1n) is 3.42. The van der Waals surface area contributed by atoms with Gasteiger partial charge in [0, 0.05) is 6.54 Å². The summed E-state index contributed by atoms with van der Waals surface area (Å²) in [4.78, 5) is 4.17. The van der Waals surface area contributed by atoms with Crippen LogP contribution in [0.4, 0.5) is 10.1 Å². The molecule has 0 amide bonds. The Bertz CT molecular complexity index is 340. The Morgan fingerprint density at radius 2 is 2.58 bits per heavy atom. The van der Waals surface area contributed by atoms with Gasteiger partial charge in [0.1, 0.15) is 5.00 Å². The molecule has 1 aliphatic rings. The van der Waals surface area contributed by atoms with Crippen LogP contribution < -0.4 is 11.2 Å². The minimum absolute atomic E-state index is 0.585. The van der Waals surface area contributed by atoms with Crippen molar-refractivity contribution in [2.24, 2.45) is 16.2 Å². The molecular weight excluding hydrogens is 174 g/mol. The van der Waals surface area contributed by atoms with Crippen molar-refractivity contribution in [2.75, 3.05) is 11.9 Å². The predicted octanol–water partition coefficient (Wildman–Crippen LogP) is 1.54. The van der Waals surface area contributed by atoms with Crippen LogP contribution in [-0.4, -0.2) is 11.5 Å². The lowest BCUT2D eigenvalue weighted by Crippen LogP contribution is -2.01. The normalized spacial score (nSPS) is 14.7. The maximum absolute atomic E-state index is 4.90. The van der Waals surface area contributed by atoms with Crippen molar-refractivity contribution < 1.29 is 0 Å². The monoisotopic (exact) mass is 181 g/mol. The molecule has 0 radical (unpaired) electrons. The Labute approximate surface area is 73.0 Å². The van der Waals surface area contributed by atoms with Crippen molar-refractivity contribution in [3.05, 3.63) is 11.8 Å². The van der Waals surface area contributed by atoms with Crippen molar-refractivity contribution in [3.8, 4) is 0 Å². The molecule has 2 rings (SSSR count). The molecule has 0 saturated heterocycles. The number of aromatic nitrogens is 1. The Morgan fingerprint density at radius 1 is 1.67 bits per heavy atom. The van der Waals surface area contributed by atoms with Gasteiger partial charge in [0.25, 0.3) is 0 Å². The summed E-state index contributed by atoms with van der Waals surface area (Å²) < 4.78 is 0. The average molecular weight is 181 g/mol. The molecule has 6 heteroatoms. The van der Waals surface area contributed by atoms with Crippen molar-refractivity contribution >= 4 is 27.5 Å². The number of rotatable bonds is 1. The number of nitrogens with two attached hydrogens (primary N) is 1. The smallest absolute Gasteiger partial charge is 0.234 e. The van der Waals surface area contributed by atoms with Crippen LogP contribution in [0, 0.1) is 0 Å². The van der Waals surface area contributed by atoms with E-state index in [9.17, 15) is 0 Å². The van der Waals surface area contributed by atoms with Crippen LogP contribution >= 0.6 is 11.3 Å². The molecular formula is C6H7N5S. The van der Waals surface area contributed by atoms with Gasteiger partial charge in [0.2, 0.25) is 5.13 Å². The third-order valence-electron chi connectivity index (χ3n) is 1.44. The van der Waals surface area contributed by atoms with Crippen LogP contribution in [0.3, 0.4) is 0 Å². The first-order valence-corrected chi connectivity index (χ1v) is 4.24. The van der Waals surface area contributed by atoms with E-state index < -0.39 is 0 Å². The zero-order valence-corrected chi connectivity index (χ0v) is 7.01. The van der Waals surface area contributed by atoms with E-state index >= 15 is 0 Å². The molecule has 12 heavy (non-hydrogen) atoms. The molecule has 0 fully saturated rings. The molecule has 3 N–H and O–H groups in total. The molecule has 2 heterocycles. The number of hydrogen-bond acceptors (Lipinski definition) is 5. The molecule has 0 spiro atoms. The van der Waals surface area contributed by atoms with E-state index in [2.05, 4.69) is 20.6 Å². The van der Waals surface area contributed by atoms with Gasteiger partial charge in [0.05, 0.1) is 5.69 Å². The van der Waals surface area contributed by atoms with Gasteiger partial charge in [-0.2, -0.15) is 0 Å². The average Bonchev–Trinajstić information content (AvgIpc) is 2.47. The Kier molecular flexibility index (Phi) is 1.75. The molecule has 62 valence electrons. The molecule has 1 aliphatic heterocycles. The predicted molar refractivity (Wildman–Crippen MR) is 48.3 cm³/mol. The van der Waals surface area contributed by atoms with E-state index in [1.807, 2.05) is 12.2 Å². The number of thiazole rings is 1.